The predicted octanol–water partition coefficient (Wildman–Crippen LogP) is 2.87. The van der Waals surface area contributed by atoms with Gasteiger partial charge in [-0.05, 0) is 69.1 Å². The second kappa shape index (κ2) is 8.85. The van der Waals surface area contributed by atoms with Gasteiger partial charge in [-0.3, -0.25) is 10.3 Å². The lowest BCUT2D eigenvalue weighted by Gasteiger charge is -2.14. The van der Waals surface area contributed by atoms with Crippen LogP contribution in [0.25, 0.3) is 0 Å². The van der Waals surface area contributed by atoms with Crippen LogP contribution in [-0.4, -0.2) is 33.6 Å². The van der Waals surface area contributed by atoms with E-state index in [0.717, 1.165) is 29.8 Å². The fraction of sp³-hybridized carbons (Fsp3) is 0.368. The van der Waals surface area contributed by atoms with E-state index in [9.17, 15) is 4.39 Å². The maximum atomic E-state index is 13.0. The minimum atomic E-state index is -0.241. The number of aliphatic imine (C=N–C) groups is 1. The van der Waals surface area contributed by atoms with E-state index in [1.807, 2.05) is 19.9 Å². The molecule has 2 aromatic rings. The van der Waals surface area contributed by atoms with Gasteiger partial charge in [-0.1, -0.05) is 12.1 Å². The summed E-state index contributed by atoms with van der Waals surface area (Å²) in [6.07, 6.45) is 2.95. The summed E-state index contributed by atoms with van der Waals surface area (Å²) in [5.41, 5.74) is 2.75. The van der Waals surface area contributed by atoms with Crippen molar-refractivity contribution in [2.75, 3.05) is 11.9 Å². The van der Waals surface area contributed by atoms with Crippen LogP contribution in [0, 0.1) is 19.7 Å². The molecule has 0 amide bonds. The molecule has 8 heteroatoms. The monoisotopic (exact) mass is 386 g/mol. The highest BCUT2D eigenvalue weighted by Gasteiger charge is 2.22. The molecule has 1 aliphatic carbocycles. The van der Waals surface area contributed by atoms with E-state index in [2.05, 4.69) is 30.9 Å². The molecule has 1 fully saturated rings. The molecule has 142 valence electrons. The third-order valence-electron chi connectivity index (χ3n) is 3.94. The van der Waals surface area contributed by atoms with E-state index in [-0.39, 0.29) is 5.82 Å². The average Bonchev–Trinajstić information content (AvgIpc) is 3.39. The number of halogens is 1. The third-order valence-corrected chi connectivity index (χ3v) is 4.16. The van der Waals surface area contributed by atoms with Crippen molar-refractivity contribution in [1.29, 1.82) is 0 Å². The number of thiocarbonyl (C=S) groups is 1. The van der Waals surface area contributed by atoms with Gasteiger partial charge in [-0.25, -0.2) is 14.4 Å². The molecular weight excluding hydrogens is 363 g/mol. The van der Waals surface area contributed by atoms with Gasteiger partial charge in [0.2, 0.25) is 11.9 Å². The lowest BCUT2D eigenvalue weighted by atomic mass is 10.1. The van der Waals surface area contributed by atoms with Crippen molar-refractivity contribution in [2.45, 2.75) is 39.2 Å². The van der Waals surface area contributed by atoms with Gasteiger partial charge in [-0.15, -0.1) is 0 Å². The fourth-order valence-corrected chi connectivity index (χ4v) is 2.77. The normalized spacial score (nSPS) is 14.0. The molecule has 1 aliphatic rings. The summed E-state index contributed by atoms with van der Waals surface area (Å²) < 4.78 is 13.0. The number of nitrogens with zero attached hydrogens (tertiary/aromatic N) is 3. The standard InChI is InChI=1S/C19H23FN6S/c1-12-11-13(2)23-18(22-12)25-17(26-19(27)24-16-7-8-16)21-10-9-14-3-5-15(20)6-4-14/h3-6,11,16H,7-10H2,1-2H3,(H3,21,22,23,24,25,26,27). The van der Waals surface area contributed by atoms with Crippen LogP contribution in [0.1, 0.15) is 29.8 Å². The second-order valence-electron chi connectivity index (χ2n) is 6.58. The number of guanidine groups is 1. The van der Waals surface area contributed by atoms with E-state index >= 15 is 0 Å². The molecule has 0 unspecified atom stereocenters. The second-order valence-corrected chi connectivity index (χ2v) is 6.99. The first kappa shape index (κ1) is 19.2. The Morgan fingerprint density at radius 1 is 1.19 bits per heavy atom. The van der Waals surface area contributed by atoms with Gasteiger partial charge < -0.3 is 10.6 Å². The average molecular weight is 387 g/mol. The van der Waals surface area contributed by atoms with E-state index in [0.29, 0.717) is 36.0 Å². The lowest BCUT2D eigenvalue weighted by Crippen LogP contribution is -2.43. The molecule has 0 atom stereocenters. The van der Waals surface area contributed by atoms with Crippen LogP contribution in [0.2, 0.25) is 0 Å². The molecule has 1 saturated carbocycles. The summed E-state index contributed by atoms with van der Waals surface area (Å²) in [4.78, 5) is 13.3. The minimum absolute atomic E-state index is 0.241. The first-order chi connectivity index (χ1) is 13.0. The molecule has 1 aromatic carbocycles. The SMILES string of the molecule is Cc1cc(C)nc(NC(=NCCc2ccc(F)cc2)NC(=S)NC2CC2)n1. The van der Waals surface area contributed by atoms with Crippen LogP contribution >= 0.6 is 12.2 Å². The van der Waals surface area contributed by atoms with Crippen LogP contribution < -0.4 is 16.0 Å². The Hall–Kier alpha value is -2.61. The minimum Gasteiger partial charge on any atom is -0.360 e. The van der Waals surface area contributed by atoms with Crippen molar-refractivity contribution < 1.29 is 4.39 Å². The van der Waals surface area contributed by atoms with Gasteiger partial charge >= 0.3 is 0 Å². The zero-order chi connectivity index (χ0) is 19.2. The maximum absolute atomic E-state index is 13.0. The van der Waals surface area contributed by atoms with E-state index < -0.39 is 0 Å². The van der Waals surface area contributed by atoms with Gasteiger partial charge in [0.25, 0.3) is 0 Å². The Morgan fingerprint density at radius 3 is 2.48 bits per heavy atom. The summed E-state index contributed by atoms with van der Waals surface area (Å²) in [6.45, 7) is 4.34. The topological polar surface area (TPSA) is 74.2 Å². The number of nitrogens with one attached hydrogen (secondary N) is 3. The number of aromatic nitrogens is 2. The van der Waals surface area contributed by atoms with Gasteiger partial charge in [-0.2, -0.15) is 0 Å². The molecule has 0 aliphatic heterocycles. The maximum Gasteiger partial charge on any atom is 0.229 e. The third kappa shape index (κ3) is 6.56. The highest BCUT2D eigenvalue weighted by Crippen LogP contribution is 2.18. The van der Waals surface area contributed by atoms with Gasteiger partial charge in [0.05, 0.1) is 0 Å². The molecular formula is C19H23FN6S. The quantitative estimate of drug-likeness (QED) is 0.417. The van der Waals surface area contributed by atoms with Crippen molar-refractivity contribution in [2.24, 2.45) is 4.99 Å². The first-order valence-electron chi connectivity index (χ1n) is 8.93. The lowest BCUT2D eigenvalue weighted by molar-refractivity contribution is 0.627. The van der Waals surface area contributed by atoms with Gasteiger partial charge in [0.1, 0.15) is 5.82 Å². The molecule has 1 aromatic heterocycles. The number of hydrogen-bond donors (Lipinski definition) is 3. The molecule has 0 spiro atoms. The molecule has 1 heterocycles. The molecule has 3 rings (SSSR count). The van der Waals surface area contributed by atoms with Crippen LogP contribution in [-0.2, 0) is 6.42 Å². The Balaban J connectivity index is 1.67. The Labute approximate surface area is 163 Å². The van der Waals surface area contributed by atoms with Gasteiger partial charge in [0, 0.05) is 24.0 Å². The number of benzene rings is 1. The zero-order valence-corrected chi connectivity index (χ0v) is 16.2. The van der Waals surface area contributed by atoms with Crippen molar-refractivity contribution in [3.8, 4) is 0 Å². The van der Waals surface area contributed by atoms with Gasteiger partial charge in [0.15, 0.2) is 5.11 Å². The van der Waals surface area contributed by atoms with Crippen molar-refractivity contribution in [3.63, 3.8) is 0 Å². The summed E-state index contributed by atoms with van der Waals surface area (Å²) in [5.74, 6) is 0.713. The number of hydrogen-bond acceptors (Lipinski definition) is 4. The highest BCUT2D eigenvalue weighted by atomic mass is 32.1. The van der Waals surface area contributed by atoms with Crippen molar-refractivity contribution in [1.82, 2.24) is 20.6 Å². The predicted molar refractivity (Wildman–Crippen MR) is 109 cm³/mol. The largest absolute Gasteiger partial charge is 0.360 e. The molecule has 0 bridgehead atoms. The van der Waals surface area contributed by atoms with E-state index in [1.54, 1.807) is 12.1 Å². The molecule has 0 radical (unpaired) electrons. The summed E-state index contributed by atoms with van der Waals surface area (Å²) in [6, 6.07) is 8.78. The zero-order valence-electron chi connectivity index (χ0n) is 15.4. The highest BCUT2D eigenvalue weighted by molar-refractivity contribution is 7.80. The fourth-order valence-electron chi connectivity index (χ4n) is 2.50. The molecule has 27 heavy (non-hydrogen) atoms. The van der Waals surface area contributed by atoms with Crippen LogP contribution in [0.4, 0.5) is 10.3 Å². The van der Waals surface area contributed by atoms with E-state index in [4.69, 9.17) is 12.2 Å². The summed E-state index contributed by atoms with van der Waals surface area (Å²) in [7, 11) is 0. The van der Waals surface area contributed by atoms with Crippen molar-refractivity contribution in [3.05, 3.63) is 53.1 Å². The Kier molecular flexibility index (Phi) is 6.28. The smallest absolute Gasteiger partial charge is 0.229 e. The Bertz CT molecular complexity index is 812. The summed E-state index contributed by atoms with van der Waals surface area (Å²) in [5, 5.41) is 9.95. The molecule has 6 nitrogen and oxygen atoms in total. The Morgan fingerprint density at radius 2 is 1.85 bits per heavy atom. The number of aryl methyl sites for hydroxylation is 2. The van der Waals surface area contributed by atoms with Crippen LogP contribution in [0.3, 0.4) is 0 Å². The molecule has 3 N–H and O–H groups in total. The van der Waals surface area contributed by atoms with Crippen molar-refractivity contribution >= 4 is 29.2 Å². The van der Waals surface area contributed by atoms with Crippen LogP contribution in [0.15, 0.2) is 35.3 Å². The molecule has 0 saturated heterocycles. The van der Waals surface area contributed by atoms with Crippen LogP contribution in [0.5, 0.6) is 0 Å². The number of rotatable bonds is 5. The number of anilines is 1. The summed E-state index contributed by atoms with van der Waals surface area (Å²) >= 11 is 5.35. The first-order valence-corrected chi connectivity index (χ1v) is 9.34. The van der Waals surface area contributed by atoms with E-state index in [1.165, 1.54) is 12.1 Å².